The van der Waals surface area contributed by atoms with Crippen LogP contribution >= 0.6 is 0 Å². The topological polar surface area (TPSA) is 127 Å². The molecule has 29 heavy (non-hydrogen) atoms. The summed E-state index contributed by atoms with van der Waals surface area (Å²) in [5.74, 6) is 0. The zero-order valence-corrected chi connectivity index (χ0v) is 15.8. The first-order valence-electron chi connectivity index (χ1n) is 8.56. The minimum Gasteiger partial charge on any atom is -0.391 e. The Balaban J connectivity index is 0.00000205. The summed E-state index contributed by atoms with van der Waals surface area (Å²) < 4.78 is 0. The van der Waals surface area contributed by atoms with Crippen LogP contribution in [0.3, 0.4) is 0 Å². The molecule has 0 unspecified atom stereocenters. The van der Waals surface area contributed by atoms with Gasteiger partial charge in [-0.3, -0.25) is 10.1 Å². The van der Waals surface area contributed by atoms with E-state index in [0.29, 0.717) is 22.4 Å². The molecule has 2 aliphatic heterocycles. The van der Waals surface area contributed by atoms with Crippen LogP contribution < -0.4 is 5.73 Å². The van der Waals surface area contributed by atoms with Gasteiger partial charge in [0.05, 0.1) is 33.2 Å². The molecule has 8 bridgehead atoms. The van der Waals surface area contributed by atoms with Crippen molar-refractivity contribution in [1.82, 2.24) is 19.9 Å². The number of anilines is 1. The van der Waals surface area contributed by atoms with Crippen LogP contribution in [0.5, 0.6) is 0 Å². The smallest absolute Gasteiger partial charge is 0.317 e. The van der Waals surface area contributed by atoms with Crippen LogP contribution in [0.1, 0.15) is 22.8 Å². The summed E-state index contributed by atoms with van der Waals surface area (Å²) in [5, 5.41) is 11.6. The molecule has 0 fully saturated rings. The molecular weight excluding hydrogens is 420 g/mol. The van der Waals surface area contributed by atoms with Gasteiger partial charge >= 0.3 is 5.69 Å². The van der Waals surface area contributed by atoms with Gasteiger partial charge in [-0.2, -0.15) is 0 Å². The minimum absolute atomic E-state index is 0. The second kappa shape index (κ2) is 7.05. The van der Waals surface area contributed by atoms with Gasteiger partial charge in [-0.15, -0.1) is 0 Å². The van der Waals surface area contributed by atoms with E-state index in [1.54, 1.807) is 18.2 Å². The van der Waals surface area contributed by atoms with Gasteiger partial charge in [0.2, 0.25) is 0 Å². The number of nitrogens with zero attached hydrogens (tertiary/aromatic N) is 3. The van der Waals surface area contributed by atoms with E-state index in [4.69, 9.17) is 5.73 Å². The summed E-state index contributed by atoms with van der Waals surface area (Å²) in [4.78, 5) is 26.4. The van der Waals surface area contributed by atoms with E-state index in [9.17, 15) is 10.1 Å². The zero-order chi connectivity index (χ0) is 19.3. The third-order valence-electron chi connectivity index (χ3n) is 4.54. The largest absolute Gasteiger partial charge is 0.391 e. The quantitative estimate of drug-likeness (QED) is 0.208. The summed E-state index contributed by atoms with van der Waals surface area (Å²) >= 11 is 0. The van der Waals surface area contributed by atoms with E-state index >= 15 is 0 Å². The fourth-order valence-electron chi connectivity index (χ4n) is 3.28. The summed E-state index contributed by atoms with van der Waals surface area (Å²) in [7, 11) is 0. The number of nitrogens with two attached hydrogens (primary N) is 1. The Labute approximate surface area is 174 Å². The Hall–Kier alpha value is -3.68. The van der Waals surface area contributed by atoms with Crippen LogP contribution in [0.25, 0.3) is 46.4 Å². The second-order valence-electron chi connectivity index (χ2n) is 6.51. The van der Waals surface area contributed by atoms with Crippen molar-refractivity contribution in [2.45, 2.75) is 0 Å². The standard InChI is InChI=1S/C20H14N6O2.Cu/c21-19-17-9-15-5-3-13(23-15)7-11-1-2-12(22-11)8-14-4-6-16(24-14)10-18(25-17)20(19)26(27)28;/h1-10,22,25H,21H2;. The first-order chi connectivity index (χ1) is 13.5. The molecule has 5 heterocycles. The van der Waals surface area contributed by atoms with Gasteiger partial charge in [0, 0.05) is 28.1 Å². The average molecular weight is 434 g/mol. The fourth-order valence-corrected chi connectivity index (χ4v) is 3.28. The molecule has 9 heteroatoms. The SMILES string of the molecule is Nc1c([N+](=O)[O-])c2cc3nc(cc4ccc(cc5nc(cc1[nH]2)C=C5)[nH]4)C=C3.[Cu]. The molecule has 0 spiro atoms. The summed E-state index contributed by atoms with van der Waals surface area (Å²) in [6.45, 7) is 0. The molecule has 147 valence electrons. The molecule has 3 aromatic rings. The molecule has 5 rings (SSSR count). The van der Waals surface area contributed by atoms with Gasteiger partial charge in [-0.05, 0) is 60.7 Å². The predicted molar refractivity (Wildman–Crippen MR) is 110 cm³/mol. The Morgan fingerprint density at radius 2 is 1.28 bits per heavy atom. The molecular formula is C20H14CuN6O2. The number of fused-ring (bicyclic) bond motifs is 8. The number of H-pyrrole nitrogens is 2. The zero-order valence-electron chi connectivity index (χ0n) is 14.8. The van der Waals surface area contributed by atoms with Crippen molar-refractivity contribution < 1.29 is 22.0 Å². The third kappa shape index (κ3) is 3.44. The van der Waals surface area contributed by atoms with Crippen LogP contribution in [-0.4, -0.2) is 24.9 Å². The van der Waals surface area contributed by atoms with Crippen LogP contribution in [0.2, 0.25) is 0 Å². The van der Waals surface area contributed by atoms with Crippen molar-refractivity contribution in [3.63, 3.8) is 0 Å². The summed E-state index contributed by atoms with van der Waals surface area (Å²) in [6, 6.07) is 11.1. The Morgan fingerprint density at radius 1 is 0.793 bits per heavy atom. The number of nitrogens with one attached hydrogen (secondary N) is 2. The van der Waals surface area contributed by atoms with Crippen molar-refractivity contribution in [3.8, 4) is 0 Å². The molecule has 3 aromatic heterocycles. The van der Waals surface area contributed by atoms with Crippen molar-refractivity contribution in [1.29, 1.82) is 0 Å². The van der Waals surface area contributed by atoms with Gasteiger partial charge in [-0.25, -0.2) is 9.97 Å². The van der Waals surface area contributed by atoms with Gasteiger partial charge < -0.3 is 15.7 Å². The first-order valence-corrected chi connectivity index (χ1v) is 8.56. The number of nitro groups is 1. The minimum atomic E-state index is -0.489. The van der Waals surface area contributed by atoms with Crippen LogP contribution in [-0.2, 0) is 17.1 Å². The third-order valence-corrected chi connectivity index (χ3v) is 4.54. The Kier molecular flexibility index (Phi) is 4.54. The van der Waals surface area contributed by atoms with E-state index in [0.717, 1.165) is 22.4 Å². The fraction of sp³-hybridized carbons (Fsp3) is 0. The van der Waals surface area contributed by atoms with Gasteiger partial charge in [0.25, 0.3) is 0 Å². The number of aromatic amines is 2. The van der Waals surface area contributed by atoms with E-state index in [2.05, 4.69) is 19.9 Å². The normalized spacial score (nSPS) is 12.0. The predicted octanol–water partition coefficient (Wildman–Crippen LogP) is 4.14. The van der Waals surface area contributed by atoms with Crippen molar-refractivity contribution in [2.24, 2.45) is 0 Å². The van der Waals surface area contributed by atoms with E-state index in [1.807, 2.05) is 42.5 Å². The van der Waals surface area contributed by atoms with Crippen molar-refractivity contribution in [3.05, 3.63) is 69.3 Å². The molecule has 1 radical (unpaired) electrons. The Morgan fingerprint density at radius 3 is 1.79 bits per heavy atom. The summed E-state index contributed by atoms with van der Waals surface area (Å²) in [6.07, 6.45) is 7.36. The molecule has 0 amide bonds. The number of aromatic nitrogens is 4. The molecule has 0 atom stereocenters. The first kappa shape index (κ1) is 18.7. The molecule has 0 saturated heterocycles. The molecule has 4 N–H and O–H groups in total. The number of hydrogen-bond donors (Lipinski definition) is 3. The monoisotopic (exact) mass is 433 g/mol. The molecule has 0 aromatic carbocycles. The number of hydrogen-bond acceptors (Lipinski definition) is 5. The van der Waals surface area contributed by atoms with Crippen LogP contribution in [0, 0.1) is 10.1 Å². The average Bonchev–Trinajstić information content (AvgIpc) is 3.40. The van der Waals surface area contributed by atoms with Gasteiger partial charge in [-0.1, -0.05) is 0 Å². The van der Waals surface area contributed by atoms with Crippen molar-refractivity contribution in [2.75, 3.05) is 5.73 Å². The van der Waals surface area contributed by atoms with E-state index in [1.165, 1.54) is 0 Å². The van der Waals surface area contributed by atoms with E-state index < -0.39 is 4.92 Å². The van der Waals surface area contributed by atoms with Gasteiger partial charge in [0.1, 0.15) is 11.2 Å². The summed E-state index contributed by atoms with van der Waals surface area (Å²) in [5.41, 5.74) is 11.3. The van der Waals surface area contributed by atoms with Crippen LogP contribution in [0.4, 0.5) is 11.4 Å². The molecule has 2 aliphatic rings. The maximum atomic E-state index is 11.6. The van der Waals surface area contributed by atoms with E-state index in [-0.39, 0.29) is 28.4 Å². The second-order valence-corrected chi connectivity index (χ2v) is 6.51. The van der Waals surface area contributed by atoms with Crippen molar-refractivity contribution >= 4 is 57.7 Å². The van der Waals surface area contributed by atoms with Crippen LogP contribution in [0.15, 0.2) is 36.4 Å². The number of nitrogen functional groups attached to an aromatic ring is 1. The van der Waals surface area contributed by atoms with Gasteiger partial charge in [0.15, 0.2) is 0 Å². The Bertz CT molecular complexity index is 1370. The molecule has 0 aliphatic carbocycles. The maximum Gasteiger partial charge on any atom is 0.317 e. The maximum absolute atomic E-state index is 11.6. The molecule has 8 nitrogen and oxygen atoms in total. The number of rotatable bonds is 1. The molecule has 0 saturated carbocycles.